The number of rotatable bonds is 12. The van der Waals surface area contributed by atoms with E-state index in [0.717, 1.165) is 83.7 Å². The molecule has 2 aromatic rings. The number of nitrogens with zero attached hydrogens (tertiary/aromatic N) is 5. The molecule has 246 valence electrons. The van der Waals surface area contributed by atoms with Crippen LogP contribution in [0.4, 0.5) is 0 Å². The minimum absolute atomic E-state index is 0.123. The molecule has 1 aromatic heterocycles. The summed E-state index contributed by atoms with van der Waals surface area (Å²) in [6.07, 6.45) is 9.50. The second-order valence-electron chi connectivity index (χ2n) is 16.4. The van der Waals surface area contributed by atoms with E-state index in [1.165, 1.54) is 17.5 Å². The van der Waals surface area contributed by atoms with Crippen molar-refractivity contribution in [2.75, 3.05) is 59.4 Å². The highest BCUT2D eigenvalue weighted by Crippen LogP contribution is 2.34. The molecule has 0 unspecified atom stereocenters. The zero-order valence-corrected chi connectivity index (χ0v) is 29.5. The number of hydrogen-bond acceptors (Lipinski definition) is 5. The summed E-state index contributed by atoms with van der Waals surface area (Å²) in [4.78, 5) is 25.4. The molecule has 2 aliphatic rings. The number of likely N-dealkylation sites (tertiary alicyclic amines) is 1. The van der Waals surface area contributed by atoms with Gasteiger partial charge in [-0.25, -0.2) is 4.98 Å². The van der Waals surface area contributed by atoms with Crippen molar-refractivity contribution in [2.45, 2.75) is 99.1 Å². The fraction of sp³-hybridized carbons (Fsp3) is 0.730. The number of hydrogen-bond donors (Lipinski definition) is 1. The Balaban J connectivity index is 1.22. The number of likely N-dealkylation sites (N-methyl/N-ethyl adjacent to an activating group) is 1. The van der Waals surface area contributed by atoms with Gasteiger partial charge >= 0.3 is 0 Å². The van der Waals surface area contributed by atoms with Crippen molar-refractivity contribution in [2.24, 2.45) is 16.7 Å². The zero-order valence-electron chi connectivity index (χ0n) is 29.5. The van der Waals surface area contributed by atoms with Crippen LogP contribution in [0.2, 0.25) is 0 Å². The normalized spacial score (nSPS) is 19.0. The Bertz CT molecular complexity index is 1180. The Kier molecular flexibility index (Phi) is 11.4. The number of carbonyl (C=O) groups excluding carboxylic acids is 1. The summed E-state index contributed by atoms with van der Waals surface area (Å²) in [5.74, 6) is 0.617. The van der Waals surface area contributed by atoms with E-state index in [-0.39, 0.29) is 16.9 Å². The number of imidazole rings is 1. The number of benzene rings is 1. The smallest absolute Gasteiger partial charge is 0.225 e. The number of carbonyl (C=O) groups is 1. The van der Waals surface area contributed by atoms with Crippen LogP contribution in [0.25, 0.3) is 11.3 Å². The molecule has 0 radical (unpaired) electrons. The van der Waals surface area contributed by atoms with E-state index in [4.69, 9.17) is 0 Å². The highest BCUT2D eigenvalue weighted by atomic mass is 16.2. The molecule has 2 fully saturated rings. The number of nitrogens with one attached hydrogen (secondary N) is 1. The highest BCUT2D eigenvalue weighted by molar-refractivity contribution is 5.79. The van der Waals surface area contributed by atoms with Crippen LogP contribution in [0.15, 0.2) is 36.8 Å². The van der Waals surface area contributed by atoms with Crippen molar-refractivity contribution >= 4 is 5.91 Å². The van der Waals surface area contributed by atoms with Gasteiger partial charge < -0.3 is 19.7 Å². The molecule has 1 atom stereocenters. The molecule has 0 saturated carbocycles. The molecule has 7 nitrogen and oxygen atoms in total. The summed E-state index contributed by atoms with van der Waals surface area (Å²) in [6.45, 7) is 26.6. The van der Waals surface area contributed by atoms with Crippen LogP contribution in [0.5, 0.6) is 0 Å². The number of aromatic nitrogens is 2. The SMILES string of the molecule is CNC[C@@H](C)n1cnc(-c2ccc(CC(C)(C)CCC(C)(C)N3CCN(C(=O)C4CCN(CC(C)(C)C)CC4)CC3)cc2)c1. The quantitative estimate of drug-likeness (QED) is 0.305. The van der Waals surface area contributed by atoms with Crippen molar-refractivity contribution < 1.29 is 4.79 Å². The fourth-order valence-electron chi connectivity index (χ4n) is 7.16. The van der Waals surface area contributed by atoms with Gasteiger partial charge in [0.1, 0.15) is 0 Å². The van der Waals surface area contributed by atoms with E-state index < -0.39 is 0 Å². The maximum absolute atomic E-state index is 13.4. The molecule has 1 N–H and O–H groups in total. The van der Waals surface area contributed by atoms with Crippen LogP contribution < -0.4 is 5.32 Å². The van der Waals surface area contributed by atoms with Gasteiger partial charge in [-0.3, -0.25) is 9.69 Å². The van der Waals surface area contributed by atoms with Gasteiger partial charge in [0.2, 0.25) is 5.91 Å². The van der Waals surface area contributed by atoms with Gasteiger partial charge in [0.05, 0.1) is 12.0 Å². The molecule has 4 rings (SSSR count). The van der Waals surface area contributed by atoms with Gasteiger partial charge in [0.15, 0.2) is 0 Å². The first-order valence-corrected chi connectivity index (χ1v) is 17.2. The topological polar surface area (TPSA) is 56.6 Å². The minimum Gasteiger partial charge on any atom is -0.340 e. The number of amides is 1. The summed E-state index contributed by atoms with van der Waals surface area (Å²) in [7, 11) is 1.99. The molecule has 0 aliphatic carbocycles. The summed E-state index contributed by atoms with van der Waals surface area (Å²) >= 11 is 0. The third-order valence-electron chi connectivity index (χ3n) is 10.0. The minimum atomic E-state index is 0.123. The summed E-state index contributed by atoms with van der Waals surface area (Å²) in [6, 6.07) is 9.39. The lowest BCUT2D eigenvalue weighted by atomic mass is 9.78. The predicted octanol–water partition coefficient (Wildman–Crippen LogP) is 6.36. The van der Waals surface area contributed by atoms with Gasteiger partial charge in [-0.1, -0.05) is 58.9 Å². The van der Waals surface area contributed by atoms with Crippen LogP contribution in [0.1, 0.15) is 92.7 Å². The molecule has 1 amide bonds. The Morgan fingerprint density at radius 1 is 0.932 bits per heavy atom. The lowest BCUT2D eigenvalue weighted by Gasteiger charge is -2.46. The summed E-state index contributed by atoms with van der Waals surface area (Å²) in [5.41, 5.74) is 4.24. The second-order valence-corrected chi connectivity index (χ2v) is 16.4. The zero-order chi connectivity index (χ0) is 32.1. The molecular weight excluding hydrogens is 544 g/mol. The van der Waals surface area contributed by atoms with Crippen molar-refractivity contribution in [3.63, 3.8) is 0 Å². The van der Waals surface area contributed by atoms with Gasteiger partial charge in [0, 0.05) is 68.5 Å². The molecule has 3 heterocycles. The van der Waals surface area contributed by atoms with Crippen LogP contribution in [0, 0.1) is 16.7 Å². The van der Waals surface area contributed by atoms with Crippen LogP contribution in [0.3, 0.4) is 0 Å². The molecule has 0 spiro atoms. The van der Waals surface area contributed by atoms with Crippen molar-refractivity contribution in [1.29, 1.82) is 0 Å². The molecule has 2 saturated heterocycles. The van der Waals surface area contributed by atoms with Crippen LogP contribution >= 0.6 is 0 Å². The summed E-state index contributed by atoms with van der Waals surface area (Å²) < 4.78 is 2.18. The average molecular weight is 607 g/mol. The van der Waals surface area contributed by atoms with E-state index >= 15 is 0 Å². The molecule has 1 aromatic carbocycles. The third kappa shape index (κ3) is 9.64. The van der Waals surface area contributed by atoms with E-state index in [0.29, 0.717) is 17.4 Å². The lowest BCUT2D eigenvalue weighted by molar-refractivity contribution is -0.139. The monoisotopic (exact) mass is 606 g/mol. The first-order chi connectivity index (χ1) is 20.7. The highest BCUT2D eigenvalue weighted by Gasteiger charge is 2.35. The Hall–Kier alpha value is -2.22. The van der Waals surface area contributed by atoms with Crippen LogP contribution in [-0.2, 0) is 11.2 Å². The van der Waals surface area contributed by atoms with Crippen molar-refractivity contribution in [3.05, 3.63) is 42.4 Å². The first-order valence-electron chi connectivity index (χ1n) is 17.2. The van der Waals surface area contributed by atoms with Gasteiger partial charge in [-0.05, 0) is 89.4 Å². The van der Waals surface area contributed by atoms with E-state index in [1.54, 1.807) is 0 Å². The Morgan fingerprint density at radius 3 is 2.16 bits per heavy atom. The van der Waals surface area contributed by atoms with Crippen LogP contribution in [-0.4, -0.2) is 95.1 Å². The van der Waals surface area contributed by atoms with Gasteiger partial charge in [0.25, 0.3) is 0 Å². The number of piperazine rings is 1. The maximum Gasteiger partial charge on any atom is 0.225 e. The van der Waals surface area contributed by atoms with Gasteiger partial charge in [-0.15, -0.1) is 0 Å². The summed E-state index contributed by atoms with van der Waals surface area (Å²) in [5, 5.41) is 3.24. The Morgan fingerprint density at radius 2 is 1.57 bits per heavy atom. The first kappa shape index (κ1) is 34.6. The van der Waals surface area contributed by atoms with Crippen molar-refractivity contribution in [3.8, 4) is 11.3 Å². The van der Waals surface area contributed by atoms with Crippen molar-refractivity contribution in [1.82, 2.24) is 29.6 Å². The standard InChI is InChI=1S/C37H62N6O/c1-29(25-38-9)42-26-33(39-28-42)31-12-10-30(11-13-31)24-36(5,6)16-17-37(7,8)43-22-20-41(21-23-43)34(44)32-14-18-40(19-15-32)27-35(2,3)4/h10-13,26,28-29,32,38H,14-25,27H2,1-9H3/t29-/m1/s1. The van der Waals surface area contributed by atoms with E-state index in [1.807, 2.05) is 13.4 Å². The lowest BCUT2D eigenvalue weighted by Crippen LogP contribution is -2.57. The largest absolute Gasteiger partial charge is 0.340 e. The molecule has 44 heavy (non-hydrogen) atoms. The van der Waals surface area contributed by atoms with E-state index in [9.17, 15) is 4.79 Å². The number of piperidine rings is 1. The molecule has 2 aliphatic heterocycles. The Labute approximate surface area is 268 Å². The molecule has 7 heteroatoms. The molecular formula is C37H62N6O. The third-order valence-corrected chi connectivity index (χ3v) is 10.0. The molecule has 0 bridgehead atoms. The average Bonchev–Trinajstić information content (AvgIpc) is 3.47. The second kappa shape index (κ2) is 14.5. The fourth-order valence-corrected chi connectivity index (χ4v) is 7.16. The predicted molar refractivity (Wildman–Crippen MR) is 184 cm³/mol. The maximum atomic E-state index is 13.4. The van der Waals surface area contributed by atoms with Gasteiger partial charge in [-0.2, -0.15) is 0 Å². The van der Waals surface area contributed by atoms with E-state index in [2.05, 4.69) is 115 Å².